The van der Waals surface area contributed by atoms with Crippen molar-refractivity contribution < 1.29 is 13.2 Å². The number of primary sulfonamides is 1. The first kappa shape index (κ1) is 12.8. The van der Waals surface area contributed by atoms with Crippen LogP contribution in [0.25, 0.3) is 0 Å². The normalized spacial score (nSPS) is 20.3. The lowest BCUT2D eigenvalue weighted by molar-refractivity contribution is -0.122. The van der Waals surface area contributed by atoms with Crippen LogP contribution in [0.15, 0.2) is 29.2 Å². The van der Waals surface area contributed by atoms with Gasteiger partial charge in [-0.05, 0) is 30.7 Å². The number of hydrogen-bond acceptors (Lipinski definition) is 4. The van der Waals surface area contributed by atoms with E-state index in [0.29, 0.717) is 13.0 Å². The lowest BCUT2D eigenvalue weighted by Crippen LogP contribution is -2.41. The molecule has 0 saturated carbocycles. The maximum atomic E-state index is 11.1. The average Bonchev–Trinajstić information content (AvgIpc) is 2.32. The Morgan fingerprint density at radius 1 is 1.28 bits per heavy atom. The molecule has 6 nitrogen and oxygen atoms in total. The summed E-state index contributed by atoms with van der Waals surface area (Å²) in [6.07, 6.45) is 1.27. The SMILES string of the molecule is NS(=O)(=O)c1ccc(NC2CCC(=O)NC2)cc1. The zero-order chi connectivity index (χ0) is 13.2. The van der Waals surface area contributed by atoms with Gasteiger partial charge in [0.1, 0.15) is 0 Å². The van der Waals surface area contributed by atoms with Crippen LogP contribution in [0.3, 0.4) is 0 Å². The molecule has 1 aliphatic heterocycles. The Kier molecular flexibility index (Phi) is 3.53. The number of benzene rings is 1. The predicted molar refractivity (Wildman–Crippen MR) is 67.5 cm³/mol. The van der Waals surface area contributed by atoms with Crippen LogP contribution in [0.1, 0.15) is 12.8 Å². The molecule has 1 unspecified atom stereocenters. The van der Waals surface area contributed by atoms with Crippen molar-refractivity contribution in [3.8, 4) is 0 Å². The Hall–Kier alpha value is -1.60. The number of sulfonamides is 1. The number of hydrogen-bond donors (Lipinski definition) is 3. The molecule has 4 N–H and O–H groups in total. The van der Waals surface area contributed by atoms with Gasteiger partial charge in [-0.25, -0.2) is 13.6 Å². The van der Waals surface area contributed by atoms with Crippen LogP contribution in [0, 0.1) is 0 Å². The second-order valence-electron chi connectivity index (χ2n) is 4.25. The number of carbonyl (C=O) groups excluding carboxylic acids is 1. The molecule has 1 fully saturated rings. The smallest absolute Gasteiger partial charge is 0.238 e. The quantitative estimate of drug-likeness (QED) is 0.720. The standard InChI is InChI=1S/C11H15N3O3S/c12-18(16,17)10-4-1-8(2-5-10)14-9-3-6-11(15)13-7-9/h1-2,4-5,9,14H,3,6-7H2,(H,13,15)(H2,12,16,17). The van der Waals surface area contributed by atoms with Crippen molar-refractivity contribution in [2.75, 3.05) is 11.9 Å². The van der Waals surface area contributed by atoms with Crippen molar-refractivity contribution in [2.45, 2.75) is 23.8 Å². The maximum absolute atomic E-state index is 11.1. The maximum Gasteiger partial charge on any atom is 0.238 e. The van der Waals surface area contributed by atoms with E-state index in [2.05, 4.69) is 10.6 Å². The highest BCUT2D eigenvalue weighted by molar-refractivity contribution is 7.89. The summed E-state index contributed by atoms with van der Waals surface area (Å²) in [7, 11) is -3.64. The first-order valence-corrected chi connectivity index (χ1v) is 7.16. The number of rotatable bonds is 3. The van der Waals surface area contributed by atoms with Crippen LogP contribution >= 0.6 is 0 Å². The summed E-state index contributed by atoms with van der Waals surface area (Å²) in [6, 6.07) is 6.41. The Morgan fingerprint density at radius 3 is 2.44 bits per heavy atom. The van der Waals surface area contributed by atoms with Gasteiger partial charge in [0.05, 0.1) is 4.90 Å². The zero-order valence-corrected chi connectivity index (χ0v) is 10.5. The highest BCUT2D eigenvalue weighted by atomic mass is 32.2. The van der Waals surface area contributed by atoms with Crippen molar-refractivity contribution in [3.63, 3.8) is 0 Å². The van der Waals surface area contributed by atoms with Gasteiger partial charge in [0, 0.05) is 24.7 Å². The van der Waals surface area contributed by atoms with Crippen LogP contribution in [0.5, 0.6) is 0 Å². The van der Waals surface area contributed by atoms with Gasteiger partial charge >= 0.3 is 0 Å². The Balaban J connectivity index is 2.00. The summed E-state index contributed by atoms with van der Waals surface area (Å²) in [5.74, 6) is 0.0672. The average molecular weight is 269 g/mol. The van der Waals surface area contributed by atoms with Gasteiger partial charge in [-0.1, -0.05) is 0 Å². The van der Waals surface area contributed by atoms with Crippen LogP contribution in [-0.4, -0.2) is 26.9 Å². The van der Waals surface area contributed by atoms with Gasteiger partial charge in [0.2, 0.25) is 15.9 Å². The molecule has 1 amide bonds. The summed E-state index contributed by atoms with van der Waals surface area (Å²) < 4.78 is 22.2. The minimum absolute atomic E-state index is 0.0672. The molecule has 7 heteroatoms. The van der Waals surface area contributed by atoms with E-state index in [9.17, 15) is 13.2 Å². The van der Waals surface area contributed by atoms with E-state index in [1.165, 1.54) is 12.1 Å². The van der Waals surface area contributed by atoms with E-state index in [4.69, 9.17) is 5.14 Å². The second-order valence-corrected chi connectivity index (χ2v) is 5.81. The second kappa shape index (κ2) is 4.95. The molecule has 1 aromatic rings. The summed E-state index contributed by atoms with van der Waals surface area (Å²) in [5.41, 5.74) is 0.809. The lowest BCUT2D eigenvalue weighted by atomic mass is 10.1. The minimum atomic E-state index is -3.64. The first-order valence-electron chi connectivity index (χ1n) is 5.61. The summed E-state index contributed by atoms with van der Waals surface area (Å²) >= 11 is 0. The largest absolute Gasteiger partial charge is 0.381 e. The number of carbonyl (C=O) groups is 1. The van der Waals surface area contributed by atoms with E-state index in [1.54, 1.807) is 12.1 Å². The van der Waals surface area contributed by atoms with E-state index >= 15 is 0 Å². The zero-order valence-electron chi connectivity index (χ0n) is 9.72. The van der Waals surface area contributed by atoms with Gasteiger partial charge in [-0.15, -0.1) is 0 Å². The molecule has 0 aromatic heterocycles. The number of piperidine rings is 1. The monoisotopic (exact) mass is 269 g/mol. The molecular formula is C11H15N3O3S. The van der Waals surface area contributed by atoms with Crippen molar-refractivity contribution in [3.05, 3.63) is 24.3 Å². The molecule has 1 heterocycles. The molecule has 98 valence electrons. The third-order valence-electron chi connectivity index (χ3n) is 2.82. The molecular weight excluding hydrogens is 254 g/mol. The Labute approximate surface area is 106 Å². The topological polar surface area (TPSA) is 101 Å². The van der Waals surface area contributed by atoms with Gasteiger partial charge in [-0.3, -0.25) is 4.79 Å². The van der Waals surface area contributed by atoms with E-state index in [0.717, 1.165) is 12.1 Å². The fraction of sp³-hybridized carbons (Fsp3) is 0.364. The van der Waals surface area contributed by atoms with Crippen LogP contribution in [0.2, 0.25) is 0 Å². The highest BCUT2D eigenvalue weighted by Crippen LogP contribution is 2.15. The number of nitrogens with one attached hydrogen (secondary N) is 2. The van der Waals surface area contributed by atoms with Crippen LogP contribution in [0.4, 0.5) is 5.69 Å². The first-order chi connectivity index (χ1) is 8.45. The van der Waals surface area contributed by atoms with E-state index in [-0.39, 0.29) is 16.8 Å². The van der Waals surface area contributed by atoms with Gasteiger partial charge < -0.3 is 10.6 Å². The van der Waals surface area contributed by atoms with E-state index < -0.39 is 10.0 Å². The van der Waals surface area contributed by atoms with Crippen molar-refractivity contribution in [1.29, 1.82) is 0 Å². The Bertz CT molecular complexity index is 529. The van der Waals surface area contributed by atoms with Gasteiger partial charge in [0.15, 0.2) is 0 Å². The van der Waals surface area contributed by atoms with Gasteiger partial charge in [-0.2, -0.15) is 0 Å². The van der Waals surface area contributed by atoms with E-state index in [1.807, 2.05) is 0 Å². The van der Waals surface area contributed by atoms with Crippen molar-refractivity contribution in [2.24, 2.45) is 5.14 Å². The lowest BCUT2D eigenvalue weighted by Gasteiger charge is -2.24. The third kappa shape index (κ3) is 3.21. The summed E-state index contributed by atoms with van der Waals surface area (Å²) in [4.78, 5) is 11.1. The summed E-state index contributed by atoms with van der Waals surface area (Å²) in [6.45, 7) is 0.579. The van der Waals surface area contributed by atoms with Crippen molar-refractivity contribution in [1.82, 2.24) is 5.32 Å². The van der Waals surface area contributed by atoms with Gasteiger partial charge in [0.25, 0.3) is 0 Å². The molecule has 18 heavy (non-hydrogen) atoms. The fourth-order valence-corrected chi connectivity index (χ4v) is 2.35. The molecule has 0 bridgehead atoms. The van der Waals surface area contributed by atoms with Crippen LogP contribution in [-0.2, 0) is 14.8 Å². The molecule has 0 aliphatic carbocycles. The summed E-state index contributed by atoms with van der Waals surface area (Å²) in [5, 5.41) is 11.0. The number of anilines is 1. The Morgan fingerprint density at radius 2 is 1.94 bits per heavy atom. The molecule has 1 aliphatic rings. The molecule has 0 radical (unpaired) electrons. The third-order valence-corrected chi connectivity index (χ3v) is 3.75. The molecule has 1 aromatic carbocycles. The molecule has 2 rings (SSSR count). The predicted octanol–water partition coefficient (Wildman–Crippen LogP) is 0.0245. The van der Waals surface area contributed by atoms with Crippen LogP contribution < -0.4 is 15.8 Å². The number of nitrogens with two attached hydrogens (primary N) is 1. The molecule has 1 atom stereocenters. The number of amides is 1. The fourth-order valence-electron chi connectivity index (χ4n) is 1.83. The minimum Gasteiger partial charge on any atom is -0.381 e. The highest BCUT2D eigenvalue weighted by Gasteiger charge is 2.17. The molecule has 0 spiro atoms. The van der Waals surface area contributed by atoms with Crippen molar-refractivity contribution >= 4 is 21.6 Å². The molecule has 1 saturated heterocycles.